The lowest BCUT2D eigenvalue weighted by Crippen LogP contribution is -2.57. The normalized spacial score (nSPS) is 39.7. The molecule has 2 aliphatic rings. The van der Waals surface area contributed by atoms with E-state index in [1.54, 1.807) is 0 Å². The predicted octanol–water partition coefficient (Wildman–Crippen LogP) is 1.68. The molecule has 2 fully saturated rings. The van der Waals surface area contributed by atoms with Crippen LogP contribution >= 0.6 is 0 Å². The molecule has 0 aromatic carbocycles. The van der Waals surface area contributed by atoms with Gasteiger partial charge in [-0.3, -0.25) is 0 Å². The molecule has 1 aliphatic heterocycles. The lowest BCUT2D eigenvalue weighted by atomic mass is 9.73. The highest BCUT2D eigenvalue weighted by Gasteiger charge is 2.46. The third-order valence-corrected chi connectivity index (χ3v) is 4.97. The smallest absolute Gasteiger partial charge is 0.0459 e. The number of aliphatic hydroxyl groups is 2. The maximum atomic E-state index is 9.41. The fourth-order valence-corrected chi connectivity index (χ4v) is 4.13. The molecule has 0 aromatic heterocycles. The van der Waals surface area contributed by atoms with Gasteiger partial charge in [-0.2, -0.15) is 0 Å². The number of rotatable bonds is 4. The highest BCUT2D eigenvalue weighted by Crippen LogP contribution is 2.45. The van der Waals surface area contributed by atoms with Crippen molar-refractivity contribution in [3.63, 3.8) is 0 Å². The molecule has 1 aliphatic carbocycles. The summed E-state index contributed by atoms with van der Waals surface area (Å²) in [6, 6.07) is 0.486. The Bertz CT molecular complexity index is 244. The minimum Gasteiger partial charge on any atom is -0.396 e. The molecule has 3 nitrogen and oxygen atoms in total. The van der Waals surface area contributed by atoms with Crippen molar-refractivity contribution in [2.24, 2.45) is 11.8 Å². The van der Waals surface area contributed by atoms with E-state index in [-0.39, 0.29) is 12.1 Å². The number of hydrogen-bond acceptors (Lipinski definition) is 3. The van der Waals surface area contributed by atoms with E-state index in [0.717, 1.165) is 6.42 Å². The summed E-state index contributed by atoms with van der Waals surface area (Å²) >= 11 is 0. The molecular weight excluding hydrogens is 214 g/mol. The summed E-state index contributed by atoms with van der Waals surface area (Å²) < 4.78 is 0. The van der Waals surface area contributed by atoms with Gasteiger partial charge in [0.05, 0.1) is 0 Å². The maximum absolute atomic E-state index is 9.41. The van der Waals surface area contributed by atoms with Gasteiger partial charge >= 0.3 is 0 Å². The topological polar surface area (TPSA) is 52.5 Å². The average molecular weight is 241 g/mol. The second-order valence-corrected chi connectivity index (χ2v) is 6.06. The fraction of sp³-hybridized carbons (Fsp3) is 1.00. The lowest BCUT2D eigenvalue weighted by Gasteiger charge is -2.46. The van der Waals surface area contributed by atoms with Crippen LogP contribution in [0.1, 0.15) is 51.9 Å². The molecule has 0 amide bonds. The Morgan fingerprint density at radius 2 is 1.94 bits per heavy atom. The van der Waals surface area contributed by atoms with Crippen LogP contribution in [0.5, 0.6) is 0 Å². The summed E-state index contributed by atoms with van der Waals surface area (Å²) in [4.78, 5) is 0. The maximum Gasteiger partial charge on any atom is 0.0459 e. The summed E-state index contributed by atoms with van der Waals surface area (Å²) in [6.45, 7) is 2.77. The standard InChI is InChI=1S/C14H27NO2/c1-11(10-17)13-5-3-8-14(13)7-2-4-12(15-14)6-9-16/h11-13,15-17H,2-10H2,1H3/t11-,12+,13+,14+/m0/s1. The van der Waals surface area contributed by atoms with Crippen LogP contribution in [-0.4, -0.2) is 35.0 Å². The zero-order chi connectivity index (χ0) is 12.3. The highest BCUT2D eigenvalue weighted by molar-refractivity contribution is 5.04. The number of hydrogen-bond donors (Lipinski definition) is 3. The Kier molecular flexibility index (Phi) is 4.45. The van der Waals surface area contributed by atoms with Crippen LogP contribution in [-0.2, 0) is 0 Å². The van der Waals surface area contributed by atoms with Crippen molar-refractivity contribution >= 4 is 0 Å². The molecule has 0 aromatic rings. The van der Waals surface area contributed by atoms with Crippen molar-refractivity contribution in [2.45, 2.75) is 63.5 Å². The molecule has 2 rings (SSSR count). The van der Waals surface area contributed by atoms with Crippen molar-refractivity contribution in [3.8, 4) is 0 Å². The quantitative estimate of drug-likeness (QED) is 0.702. The van der Waals surface area contributed by atoms with Crippen LogP contribution in [0.2, 0.25) is 0 Å². The fourth-order valence-electron chi connectivity index (χ4n) is 4.13. The molecule has 1 saturated carbocycles. The molecule has 0 unspecified atom stereocenters. The van der Waals surface area contributed by atoms with Crippen molar-refractivity contribution in [1.82, 2.24) is 5.32 Å². The zero-order valence-electron chi connectivity index (χ0n) is 11.0. The summed E-state index contributed by atoms with van der Waals surface area (Å²) in [6.07, 6.45) is 8.39. The van der Waals surface area contributed by atoms with Gasteiger partial charge in [-0.15, -0.1) is 0 Å². The minimum atomic E-state index is 0.264. The highest BCUT2D eigenvalue weighted by atomic mass is 16.3. The molecule has 17 heavy (non-hydrogen) atoms. The third kappa shape index (κ3) is 2.67. The first-order chi connectivity index (χ1) is 8.22. The second kappa shape index (κ2) is 5.68. The van der Waals surface area contributed by atoms with Gasteiger partial charge in [0.2, 0.25) is 0 Å². The Morgan fingerprint density at radius 3 is 2.59 bits per heavy atom. The van der Waals surface area contributed by atoms with Gasteiger partial charge < -0.3 is 15.5 Å². The summed E-state index contributed by atoms with van der Waals surface area (Å²) in [5.41, 5.74) is 0.264. The summed E-state index contributed by atoms with van der Waals surface area (Å²) in [5.74, 6) is 1.02. The Balaban J connectivity index is 2.05. The molecule has 100 valence electrons. The van der Waals surface area contributed by atoms with Gasteiger partial charge in [-0.1, -0.05) is 19.8 Å². The van der Waals surface area contributed by atoms with Gasteiger partial charge in [-0.25, -0.2) is 0 Å². The third-order valence-electron chi connectivity index (χ3n) is 4.97. The molecule has 1 heterocycles. The molecule has 4 atom stereocenters. The van der Waals surface area contributed by atoms with E-state index in [9.17, 15) is 5.11 Å². The zero-order valence-corrected chi connectivity index (χ0v) is 11.0. The monoisotopic (exact) mass is 241 g/mol. The summed E-state index contributed by atoms with van der Waals surface area (Å²) in [5, 5.41) is 22.3. The molecule has 1 saturated heterocycles. The first kappa shape index (κ1) is 13.3. The Labute approximate surface area is 105 Å². The molecular formula is C14H27NO2. The first-order valence-electron chi connectivity index (χ1n) is 7.21. The van der Waals surface area contributed by atoms with Gasteiger partial charge in [0.15, 0.2) is 0 Å². The molecule has 0 radical (unpaired) electrons. The number of aliphatic hydroxyl groups excluding tert-OH is 2. The SMILES string of the molecule is C[C@@H](CO)[C@H]1CCC[C@]12CCC[C@H](CCO)N2. The molecule has 0 bridgehead atoms. The lowest BCUT2D eigenvalue weighted by molar-refractivity contribution is 0.0824. The molecule has 3 heteroatoms. The van der Waals surface area contributed by atoms with Crippen LogP contribution in [0.25, 0.3) is 0 Å². The van der Waals surface area contributed by atoms with Crippen LogP contribution in [0.3, 0.4) is 0 Å². The largest absolute Gasteiger partial charge is 0.396 e. The van der Waals surface area contributed by atoms with Gasteiger partial charge in [-0.05, 0) is 43.9 Å². The van der Waals surface area contributed by atoms with Crippen molar-refractivity contribution < 1.29 is 10.2 Å². The van der Waals surface area contributed by atoms with Crippen LogP contribution < -0.4 is 5.32 Å². The van der Waals surface area contributed by atoms with E-state index < -0.39 is 0 Å². The van der Waals surface area contributed by atoms with E-state index in [1.807, 2.05) is 0 Å². The second-order valence-electron chi connectivity index (χ2n) is 6.06. The summed E-state index contributed by atoms with van der Waals surface area (Å²) in [7, 11) is 0. The molecule has 3 N–H and O–H groups in total. The number of nitrogens with one attached hydrogen (secondary N) is 1. The van der Waals surface area contributed by atoms with Gasteiger partial charge in [0, 0.05) is 24.8 Å². The van der Waals surface area contributed by atoms with Crippen LogP contribution in [0.15, 0.2) is 0 Å². The minimum absolute atomic E-state index is 0.264. The number of piperidine rings is 1. The van der Waals surface area contributed by atoms with E-state index in [1.165, 1.54) is 38.5 Å². The van der Waals surface area contributed by atoms with E-state index in [0.29, 0.717) is 24.5 Å². The van der Waals surface area contributed by atoms with Crippen molar-refractivity contribution in [2.75, 3.05) is 13.2 Å². The first-order valence-corrected chi connectivity index (χ1v) is 7.21. The Morgan fingerprint density at radius 1 is 1.24 bits per heavy atom. The van der Waals surface area contributed by atoms with Crippen molar-refractivity contribution in [1.29, 1.82) is 0 Å². The van der Waals surface area contributed by atoms with E-state index in [2.05, 4.69) is 12.2 Å². The van der Waals surface area contributed by atoms with Gasteiger partial charge in [0.1, 0.15) is 0 Å². The van der Waals surface area contributed by atoms with Gasteiger partial charge in [0.25, 0.3) is 0 Å². The predicted molar refractivity (Wildman–Crippen MR) is 68.8 cm³/mol. The van der Waals surface area contributed by atoms with Crippen LogP contribution in [0, 0.1) is 11.8 Å². The Hall–Kier alpha value is -0.120. The van der Waals surface area contributed by atoms with Crippen LogP contribution in [0.4, 0.5) is 0 Å². The molecule has 1 spiro atoms. The van der Waals surface area contributed by atoms with E-state index >= 15 is 0 Å². The van der Waals surface area contributed by atoms with E-state index in [4.69, 9.17) is 5.11 Å². The average Bonchev–Trinajstić information content (AvgIpc) is 2.72. The van der Waals surface area contributed by atoms with Crippen molar-refractivity contribution in [3.05, 3.63) is 0 Å².